The van der Waals surface area contributed by atoms with Gasteiger partial charge in [-0.1, -0.05) is 0 Å². The highest BCUT2D eigenvalue weighted by molar-refractivity contribution is 5.88. The van der Waals surface area contributed by atoms with Gasteiger partial charge in [0.15, 0.2) is 0 Å². The molecule has 0 aromatic rings. The standard InChI is InChI=1S/C11H21N3O/c1-9(14-6-2-3-7-14)8-13-10(15)11(12)4-5-11/h9H,2-8,12H2,1H3,(H,13,15). The van der Waals surface area contributed by atoms with Gasteiger partial charge in [-0.2, -0.15) is 0 Å². The monoisotopic (exact) mass is 211 g/mol. The topological polar surface area (TPSA) is 58.4 Å². The Hall–Kier alpha value is -0.610. The van der Waals surface area contributed by atoms with Gasteiger partial charge in [-0.15, -0.1) is 0 Å². The Balaban J connectivity index is 1.70. The van der Waals surface area contributed by atoms with Crippen molar-refractivity contribution in [2.24, 2.45) is 5.73 Å². The Morgan fingerprint density at radius 2 is 2.07 bits per heavy atom. The van der Waals surface area contributed by atoms with E-state index in [0.717, 1.165) is 19.4 Å². The third kappa shape index (κ3) is 2.49. The smallest absolute Gasteiger partial charge is 0.240 e. The molecule has 1 saturated heterocycles. The van der Waals surface area contributed by atoms with Crippen molar-refractivity contribution in [3.63, 3.8) is 0 Å². The van der Waals surface area contributed by atoms with Crippen molar-refractivity contribution in [2.75, 3.05) is 19.6 Å². The molecule has 0 radical (unpaired) electrons. The SMILES string of the molecule is CC(CNC(=O)C1(N)CC1)N1CCCC1. The molecule has 0 aromatic carbocycles. The molecule has 0 spiro atoms. The van der Waals surface area contributed by atoms with E-state index in [2.05, 4.69) is 17.1 Å². The van der Waals surface area contributed by atoms with Crippen LogP contribution in [0.3, 0.4) is 0 Å². The zero-order valence-electron chi connectivity index (χ0n) is 9.46. The molecule has 2 rings (SSSR count). The van der Waals surface area contributed by atoms with Crippen LogP contribution in [-0.4, -0.2) is 42.0 Å². The second-order valence-corrected chi connectivity index (χ2v) is 4.96. The van der Waals surface area contributed by atoms with Crippen LogP contribution < -0.4 is 11.1 Å². The molecule has 4 nitrogen and oxygen atoms in total. The quantitative estimate of drug-likeness (QED) is 0.692. The van der Waals surface area contributed by atoms with Gasteiger partial charge in [0.1, 0.15) is 0 Å². The Kier molecular flexibility index (Phi) is 2.98. The molecule has 1 amide bonds. The first kappa shape index (κ1) is 10.9. The first-order valence-electron chi connectivity index (χ1n) is 5.93. The molecule has 86 valence electrons. The number of hydrogen-bond acceptors (Lipinski definition) is 3. The minimum Gasteiger partial charge on any atom is -0.353 e. The number of rotatable bonds is 4. The Labute approximate surface area is 91.2 Å². The van der Waals surface area contributed by atoms with E-state index >= 15 is 0 Å². The lowest BCUT2D eigenvalue weighted by molar-refractivity contribution is -0.123. The number of hydrogen-bond donors (Lipinski definition) is 2. The van der Waals surface area contributed by atoms with Gasteiger partial charge in [0.25, 0.3) is 0 Å². The van der Waals surface area contributed by atoms with Crippen LogP contribution >= 0.6 is 0 Å². The fourth-order valence-electron chi connectivity index (χ4n) is 2.09. The number of nitrogens with zero attached hydrogens (tertiary/aromatic N) is 1. The van der Waals surface area contributed by atoms with Gasteiger partial charge in [-0.3, -0.25) is 9.69 Å². The lowest BCUT2D eigenvalue weighted by atomic mass is 10.2. The zero-order valence-corrected chi connectivity index (χ0v) is 9.46. The van der Waals surface area contributed by atoms with Gasteiger partial charge in [0.2, 0.25) is 5.91 Å². The van der Waals surface area contributed by atoms with Crippen LogP contribution in [0.2, 0.25) is 0 Å². The molecule has 1 unspecified atom stereocenters. The molecule has 4 heteroatoms. The van der Waals surface area contributed by atoms with Gasteiger partial charge in [0.05, 0.1) is 5.54 Å². The molecule has 0 aromatic heterocycles. The fraction of sp³-hybridized carbons (Fsp3) is 0.909. The normalized spacial score (nSPS) is 26.3. The summed E-state index contributed by atoms with van der Waals surface area (Å²) in [5.41, 5.74) is 5.28. The molecule has 1 aliphatic carbocycles. The van der Waals surface area contributed by atoms with Crippen LogP contribution in [0, 0.1) is 0 Å². The first-order valence-corrected chi connectivity index (χ1v) is 5.93. The predicted molar refractivity (Wildman–Crippen MR) is 59.4 cm³/mol. The van der Waals surface area contributed by atoms with Crippen molar-refractivity contribution >= 4 is 5.91 Å². The van der Waals surface area contributed by atoms with E-state index in [0.29, 0.717) is 6.04 Å². The minimum atomic E-state index is -0.523. The molecule has 1 atom stereocenters. The first-order chi connectivity index (χ1) is 7.12. The average Bonchev–Trinajstić information content (AvgIpc) is 2.79. The van der Waals surface area contributed by atoms with Crippen molar-refractivity contribution < 1.29 is 4.79 Å². The molecule has 1 heterocycles. The van der Waals surface area contributed by atoms with Crippen molar-refractivity contribution in [1.82, 2.24) is 10.2 Å². The minimum absolute atomic E-state index is 0.0357. The number of nitrogens with one attached hydrogen (secondary N) is 1. The summed E-state index contributed by atoms with van der Waals surface area (Å²) in [6, 6.07) is 0.443. The summed E-state index contributed by atoms with van der Waals surface area (Å²) in [5, 5.41) is 2.96. The lowest BCUT2D eigenvalue weighted by Gasteiger charge is -2.24. The van der Waals surface area contributed by atoms with Crippen molar-refractivity contribution in [1.29, 1.82) is 0 Å². The van der Waals surface area contributed by atoms with Crippen molar-refractivity contribution in [3.8, 4) is 0 Å². The highest BCUT2D eigenvalue weighted by Crippen LogP contribution is 2.32. The van der Waals surface area contributed by atoms with E-state index in [1.165, 1.54) is 25.9 Å². The van der Waals surface area contributed by atoms with E-state index in [9.17, 15) is 4.79 Å². The summed E-state index contributed by atoms with van der Waals surface area (Å²) >= 11 is 0. The van der Waals surface area contributed by atoms with Crippen LogP contribution in [0.25, 0.3) is 0 Å². The molecular formula is C11H21N3O. The summed E-state index contributed by atoms with van der Waals surface area (Å²) in [4.78, 5) is 14.0. The van der Waals surface area contributed by atoms with Crippen LogP contribution in [0.1, 0.15) is 32.6 Å². The van der Waals surface area contributed by atoms with E-state index in [-0.39, 0.29) is 5.91 Å². The van der Waals surface area contributed by atoms with Crippen molar-refractivity contribution in [3.05, 3.63) is 0 Å². The number of carbonyl (C=O) groups excluding carboxylic acids is 1. The zero-order chi connectivity index (χ0) is 10.9. The second kappa shape index (κ2) is 4.10. The van der Waals surface area contributed by atoms with Crippen LogP contribution in [0.5, 0.6) is 0 Å². The Morgan fingerprint density at radius 3 is 2.60 bits per heavy atom. The molecule has 2 fully saturated rings. The van der Waals surface area contributed by atoms with Crippen LogP contribution in [-0.2, 0) is 4.79 Å². The van der Waals surface area contributed by atoms with Crippen molar-refractivity contribution in [2.45, 2.75) is 44.2 Å². The molecule has 15 heavy (non-hydrogen) atoms. The lowest BCUT2D eigenvalue weighted by Crippen LogP contribution is -2.47. The van der Waals surface area contributed by atoms with Gasteiger partial charge < -0.3 is 11.1 Å². The molecule has 1 saturated carbocycles. The van der Waals surface area contributed by atoms with E-state index < -0.39 is 5.54 Å². The summed E-state index contributed by atoms with van der Waals surface area (Å²) in [6.07, 6.45) is 4.27. The molecule has 3 N–H and O–H groups in total. The Bertz CT molecular complexity index is 244. The number of carbonyl (C=O) groups is 1. The predicted octanol–water partition coefficient (Wildman–Crippen LogP) is 0.0782. The molecule has 0 bridgehead atoms. The highest BCUT2D eigenvalue weighted by Gasteiger charge is 2.45. The molecular weight excluding hydrogens is 190 g/mol. The maximum absolute atomic E-state index is 11.6. The largest absolute Gasteiger partial charge is 0.353 e. The summed E-state index contributed by atoms with van der Waals surface area (Å²) in [7, 11) is 0. The van der Waals surface area contributed by atoms with E-state index in [4.69, 9.17) is 5.73 Å². The van der Waals surface area contributed by atoms with E-state index in [1.54, 1.807) is 0 Å². The third-order valence-electron chi connectivity index (χ3n) is 3.56. The average molecular weight is 211 g/mol. The summed E-state index contributed by atoms with van der Waals surface area (Å²) in [5.74, 6) is 0.0357. The number of amides is 1. The Morgan fingerprint density at radius 1 is 1.47 bits per heavy atom. The van der Waals surface area contributed by atoms with Gasteiger partial charge >= 0.3 is 0 Å². The van der Waals surface area contributed by atoms with Gasteiger partial charge in [0, 0.05) is 12.6 Å². The summed E-state index contributed by atoms with van der Waals surface area (Å²) in [6.45, 7) is 5.25. The highest BCUT2D eigenvalue weighted by atomic mass is 16.2. The molecule has 1 aliphatic heterocycles. The molecule has 2 aliphatic rings. The van der Waals surface area contributed by atoms with Gasteiger partial charge in [-0.25, -0.2) is 0 Å². The van der Waals surface area contributed by atoms with Crippen LogP contribution in [0.15, 0.2) is 0 Å². The number of likely N-dealkylation sites (tertiary alicyclic amines) is 1. The maximum Gasteiger partial charge on any atom is 0.240 e. The maximum atomic E-state index is 11.6. The second-order valence-electron chi connectivity index (χ2n) is 4.96. The van der Waals surface area contributed by atoms with E-state index in [1.807, 2.05) is 0 Å². The third-order valence-corrected chi connectivity index (χ3v) is 3.56. The fourth-order valence-corrected chi connectivity index (χ4v) is 2.09. The van der Waals surface area contributed by atoms with Crippen LogP contribution in [0.4, 0.5) is 0 Å². The number of nitrogens with two attached hydrogens (primary N) is 1. The van der Waals surface area contributed by atoms with Gasteiger partial charge in [-0.05, 0) is 45.7 Å². The summed E-state index contributed by atoms with van der Waals surface area (Å²) < 4.78 is 0.